The summed E-state index contributed by atoms with van der Waals surface area (Å²) in [6.07, 6.45) is 78.0. The number of carbonyl (C=O) groups is 2. The van der Waals surface area contributed by atoms with E-state index in [9.17, 15) is 35.1 Å². The first kappa shape index (κ1) is 82.1. The van der Waals surface area contributed by atoms with Gasteiger partial charge in [0.1, 0.15) is 24.4 Å². The van der Waals surface area contributed by atoms with E-state index < -0.39 is 49.5 Å². The van der Waals surface area contributed by atoms with Crippen LogP contribution < -0.4 is 5.32 Å². The van der Waals surface area contributed by atoms with Crippen LogP contribution in [0.1, 0.15) is 335 Å². The van der Waals surface area contributed by atoms with E-state index in [0.717, 1.165) is 70.6 Å². The van der Waals surface area contributed by atoms with Gasteiger partial charge in [-0.05, 0) is 110 Å². The third kappa shape index (κ3) is 53.5. The SMILES string of the molecule is C/C=C/CC/C=C/CC/C=C/C(O)C(COC1OC(CO)C(O)C(O)C1O)NC(=O)CCCCCCCCCCCCCCCCCC/C=C\CCCCCCCCCCCCCCOC(=O)CCCCCCCCC/C=C\C/C=C\CCCCCC. The molecule has 87 heavy (non-hydrogen) atoms. The summed E-state index contributed by atoms with van der Waals surface area (Å²) in [5, 5.41) is 54.2. The van der Waals surface area contributed by atoms with Crippen molar-refractivity contribution in [3.63, 3.8) is 0 Å². The zero-order chi connectivity index (χ0) is 63.0. The Hall–Kier alpha value is -2.90. The molecule has 0 saturated carbocycles. The summed E-state index contributed by atoms with van der Waals surface area (Å²) in [4.78, 5) is 25.1. The second kappa shape index (κ2) is 64.6. The number of carbonyl (C=O) groups excluding carboxylic acids is 2. The van der Waals surface area contributed by atoms with Gasteiger partial charge in [-0.2, -0.15) is 0 Å². The second-order valence-corrected chi connectivity index (χ2v) is 25.3. The number of rotatable bonds is 64. The zero-order valence-electron chi connectivity index (χ0n) is 56.2. The summed E-state index contributed by atoms with van der Waals surface area (Å²) in [6, 6.07) is -0.833. The Labute approximate surface area is 534 Å². The molecule has 1 amide bonds. The first-order chi connectivity index (χ1) is 42.7. The minimum Gasteiger partial charge on any atom is -0.466 e. The number of aliphatic hydroxyl groups excluding tert-OH is 5. The minimum absolute atomic E-state index is 0.00251. The number of aliphatic hydroxyl groups is 5. The molecular weight excluding hydrogens is 1090 g/mol. The molecule has 0 spiro atoms. The summed E-state index contributed by atoms with van der Waals surface area (Å²) in [6.45, 7) is 4.09. The Morgan fingerprint density at radius 2 is 0.828 bits per heavy atom. The van der Waals surface area contributed by atoms with E-state index in [0.29, 0.717) is 19.4 Å². The maximum atomic E-state index is 13.0. The number of hydrogen-bond acceptors (Lipinski definition) is 10. The molecule has 0 aromatic carbocycles. The van der Waals surface area contributed by atoms with Gasteiger partial charge in [-0.15, -0.1) is 0 Å². The second-order valence-electron chi connectivity index (χ2n) is 25.3. The number of ether oxygens (including phenoxy) is 3. The molecule has 0 bridgehead atoms. The van der Waals surface area contributed by atoms with Gasteiger partial charge in [-0.1, -0.05) is 285 Å². The lowest BCUT2D eigenvalue weighted by Crippen LogP contribution is -2.60. The average Bonchev–Trinajstić information content (AvgIpc) is 3.18. The predicted octanol–water partition coefficient (Wildman–Crippen LogP) is 19.1. The summed E-state index contributed by atoms with van der Waals surface area (Å²) < 4.78 is 16.7. The molecule has 11 nitrogen and oxygen atoms in total. The molecule has 1 saturated heterocycles. The van der Waals surface area contributed by atoms with Gasteiger partial charge >= 0.3 is 5.97 Å². The van der Waals surface area contributed by atoms with Gasteiger partial charge in [0.15, 0.2) is 6.29 Å². The Kier molecular flexibility index (Phi) is 61.0. The molecule has 0 radical (unpaired) electrons. The van der Waals surface area contributed by atoms with E-state index >= 15 is 0 Å². The summed E-state index contributed by atoms with van der Waals surface area (Å²) >= 11 is 0. The third-order valence-corrected chi connectivity index (χ3v) is 17.1. The Balaban J connectivity index is 1.89. The fraction of sp³-hybridized carbons (Fsp3) is 0.816. The van der Waals surface area contributed by atoms with Gasteiger partial charge < -0.3 is 45.1 Å². The van der Waals surface area contributed by atoms with Crippen LogP contribution in [0, 0.1) is 0 Å². The molecule has 1 aliphatic rings. The van der Waals surface area contributed by atoms with E-state index in [2.05, 4.69) is 66.9 Å². The molecule has 1 fully saturated rings. The molecule has 0 aromatic heterocycles. The van der Waals surface area contributed by atoms with Crippen molar-refractivity contribution in [3.05, 3.63) is 72.9 Å². The number of allylic oxidation sites excluding steroid dienone is 11. The van der Waals surface area contributed by atoms with Crippen molar-refractivity contribution in [2.45, 2.75) is 378 Å². The molecule has 11 heteroatoms. The molecule has 1 heterocycles. The van der Waals surface area contributed by atoms with Crippen molar-refractivity contribution in [1.29, 1.82) is 0 Å². The van der Waals surface area contributed by atoms with Crippen molar-refractivity contribution in [2.75, 3.05) is 19.8 Å². The summed E-state index contributed by atoms with van der Waals surface area (Å²) in [5.41, 5.74) is 0. The average molecular weight is 1220 g/mol. The molecule has 0 aliphatic carbocycles. The van der Waals surface area contributed by atoms with Gasteiger partial charge in [-0.25, -0.2) is 0 Å². The molecule has 0 aromatic rings. The van der Waals surface area contributed by atoms with Gasteiger partial charge in [0.2, 0.25) is 5.91 Å². The largest absolute Gasteiger partial charge is 0.466 e. The smallest absolute Gasteiger partial charge is 0.305 e. The highest BCUT2D eigenvalue weighted by atomic mass is 16.7. The molecule has 6 N–H and O–H groups in total. The lowest BCUT2D eigenvalue weighted by Gasteiger charge is -2.40. The topological polar surface area (TPSA) is 175 Å². The number of esters is 1. The lowest BCUT2D eigenvalue weighted by molar-refractivity contribution is -0.302. The Morgan fingerprint density at radius 1 is 0.448 bits per heavy atom. The van der Waals surface area contributed by atoms with Gasteiger partial charge in [-0.3, -0.25) is 9.59 Å². The highest BCUT2D eigenvalue weighted by Crippen LogP contribution is 2.23. The fourth-order valence-electron chi connectivity index (χ4n) is 11.3. The molecule has 1 rings (SSSR count). The zero-order valence-corrected chi connectivity index (χ0v) is 56.2. The normalized spacial score (nSPS) is 18.3. The Bertz CT molecular complexity index is 1680. The number of hydrogen-bond donors (Lipinski definition) is 6. The van der Waals surface area contributed by atoms with Crippen LogP contribution in [0.15, 0.2) is 72.9 Å². The van der Waals surface area contributed by atoms with Crippen LogP contribution in [-0.4, -0.2) is 100 Å². The molecule has 1 aliphatic heterocycles. The quantitative estimate of drug-likeness (QED) is 0.0195. The van der Waals surface area contributed by atoms with Gasteiger partial charge in [0, 0.05) is 12.8 Å². The first-order valence-corrected chi connectivity index (χ1v) is 36.7. The van der Waals surface area contributed by atoms with E-state index in [1.165, 1.54) is 238 Å². The van der Waals surface area contributed by atoms with Crippen LogP contribution in [0.3, 0.4) is 0 Å². The van der Waals surface area contributed by atoms with Crippen molar-refractivity contribution < 1.29 is 49.3 Å². The van der Waals surface area contributed by atoms with Crippen molar-refractivity contribution in [1.82, 2.24) is 5.32 Å². The van der Waals surface area contributed by atoms with Crippen LogP contribution in [0.25, 0.3) is 0 Å². The van der Waals surface area contributed by atoms with Crippen LogP contribution in [0.5, 0.6) is 0 Å². The van der Waals surface area contributed by atoms with Crippen LogP contribution in [0.2, 0.25) is 0 Å². The number of nitrogens with one attached hydrogen (secondary N) is 1. The molecular formula is C76H137NO10. The number of amides is 1. The van der Waals surface area contributed by atoms with E-state index in [-0.39, 0.29) is 18.5 Å². The van der Waals surface area contributed by atoms with Gasteiger partial charge in [0.25, 0.3) is 0 Å². The van der Waals surface area contributed by atoms with Gasteiger partial charge in [0.05, 0.1) is 32.0 Å². The van der Waals surface area contributed by atoms with Crippen LogP contribution >= 0.6 is 0 Å². The minimum atomic E-state index is -1.58. The summed E-state index contributed by atoms with van der Waals surface area (Å²) in [5.74, 6) is -0.194. The van der Waals surface area contributed by atoms with E-state index in [1.807, 2.05) is 19.1 Å². The van der Waals surface area contributed by atoms with E-state index in [1.54, 1.807) is 6.08 Å². The third-order valence-electron chi connectivity index (χ3n) is 17.1. The number of unbranched alkanes of at least 4 members (excludes halogenated alkanes) is 41. The Morgan fingerprint density at radius 3 is 1.28 bits per heavy atom. The predicted molar refractivity (Wildman–Crippen MR) is 366 cm³/mol. The fourth-order valence-corrected chi connectivity index (χ4v) is 11.3. The lowest BCUT2D eigenvalue weighted by atomic mass is 9.99. The standard InChI is InChI=1S/C76H137NO10/c1-3-5-7-9-11-13-14-15-16-17-35-38-41-44-48-52-56-60-64-72(81)85-65-61-57-53-49-45-42-39-36-33-31-29-27-25-23-21-19-18-20-22-24-26-28-30-32-34-37-40-43-47-51-55-59-63-71(80)77-68(69(79)62-58-54-50-46-12-10-8-6-4-2)67-86-76-75(84)74(83)73(82)70(66-78)87-76/h4,6,12-14,16-17,21,23,46,58,62,68-70,73-76,78-79,82-84H,3,5,7-11,15,18-20,22,24-45,47-57,59-61,63-67H2,1-2H3,(H,77,80)/b6-4+,14-13-,17-16-,23-21-,46-12+,62-58+. The summed E-state index contributed by atoms with van der Waals surface area (Å²) in [7, 11) is 0. The van der Waals surface area contributed by atoms with Crippen molar-refractivity contribution >= 4 is 11.9 Å². The van der Waals surface area contributed by atoms with Crippen molar-refractivity contribution in [3.8, 4) is 0 Å². The maximum absolute atomic E-state index is 13.0. The highest BCUT2D eigenvalue weighted by Gasteiger charge is 2.44. The van der Waals surface area contributed by atoms with Crippen molar-refractivity contribution in [2.24, 2.45) is 0 Å². The highest BCUT2D eigenvalue weighted by molar-refractivity contribution is 5.76. The van der Waals surface area contributed by atoms with E-state index in [4.69, 9.17) is 14.2 Å². The van der Waals surface area contributed by atoms with Crippen LogP contribution in [-0.2, 0) is 23.8 Å². The molecule has 7 atom stereocenters. The monoisotopic (exact) mass is 1220 g/mol. The first-order valence-electron chi connectivity index (χ1n) is 36.7. The molecule has 506 valence electrons. The molecule has 7 unspecified atom stereocenters. The maximum Gasteiger partial charge on any atom is 0.305 e. The van der Waals surface area contributed by atoms with Crippen LogP contribution in [0.4, 0.5) is 0 Å².